The van der Waals surface area contributed by atoms with Gasteiger partial charge in [0, 0.05) is 11.3 Å². The molecule has 0 radical (unpaired) electrons. The fraction of sp³-hybridized carbons (Fsp3) is 0.286. The van der Waals surface area contributed by atoms with Gasteiger partial charge in [-0.2, -0.15) is 0 Å². The van der Waals surface area contributed by atoms with Gasteiger partial charge in [0.2, 0.25) is 5.13 Å². The van der Waals surface area contributed by atoms with Gasteiger partial charge in [-0.1, -0.05) is 68.1 Å². The van der Waals surface area contributed by atoms with E-state index >= 15 is 0 Å². The minimum absolute atomic E-state index is 0.0587. The maximum absolute atomic E-state index is 12.4. The quantitative estimate of drug-likeness (QED) is 0.434. The molecule has 0 aliphatic carbocycles. The number of carbonyl (C=O) groups excluding carboxylic acids is 1. The van der Waals surface area contributed by atoms with Crippen LogP contribution in [0.2, 0.25) is 0 Å². The monoisotopic (exact) mass is 413 g/mol. The molecule has 5 nitrogen and oxygen atoms in total. The molecule has 1 aromatic heterocycles. The van der Waals surface area contributed by atoms with Crippen LogP contribution >= 0.6 is 23.1 Å². The number of hydrogen-bond acceptors (Lipinski definition) is 6. The fourth-order valence-electron chi connectivity index (χ4n) is 2.52. The van der Waals surface area contributed by atoms with Crippen LogP contribution < -0.4 is 10.1 Å². The Kier molecular flexibility index (Phi) is 6.36. The van der Waals surface area contributed by atoms with Gasteiger partial charge in [-0.05, 0) is 40.8 Å². The first-order valence-corrected chi connectivity index (χ1v) is 10.7. The number of methoxy groups -OCH3 is 1. The molecule has 0 unspecified atom stereocenters. The van der Waals surface area contributed by atoms with E-state index in [2.05, 4.69) is 36.3 Å². The molecule has 3 rings (SSSR count). The van der Waals surface area contributed by atoms with E-state index in [4.69, 9.17) is 4.74 Å². The number of ether oxygens (including phenoxy) is 1. The van der Waals surface area contributed by atoms with E-state index in [1.54, 1.807) is 18.9 Å². The Morgan fingerprint density at radius 3 is 2.57 bits per heavy atom. The Morgan fingerprint density at radius 1 is 1.14 bits per heavy atom. The van der Waals surface area contributed by atoms with E-state index in [0.717, 1.165) is 21.4 Å². The second kappa shape index (κ2) is 8.75. The van der Waals surface area contributed by atoms with Gasteiger partial charge in [0.1, 0.15) is 5.75 Å². The molecule has 3 aromatic rings. The minimum Gasteiger partial charge on any atom is -0.497 e. The third-order valence-corrected chi connectivity index (χ3v) is 6.18. The van der Waals surface area contributed by atoms with E-state index in [0.29, 0.717) is 10.7 Å². The molecule has 0 spiro atoms. The van der Waals surface area contributed by atoms with Crippen LogP contribution in [0.5, 0.6) is 5.75 Å². The summed E-state index contributed by atoms with van der Waals surface area (Å²) >= 11 is 2.95. The van der Waals surface area contributed by atoms with Crippen molar-refractivity contribution in [1.29, 1.82) is 0 Å². The Hall–Kier alpha value is -2.38. The van der Waals surface area contributed by atoms with Crippen LogP contribution in [0.15, 0.2) is 52.9 Å². The van der Waals surface area contributed by atoms with Gasteiger partial charge in [0.05, 0.1) is 7.11 Å². The Labute approximate surface area is 173 Å². The molecule has 0 saturated carbocycles. The molecule has 1 amide bonds. The molecule has 2 aromatic carbocycles. The zero-order valence-electron chi connectivity index (χ0n) is 16.4. The van der Waals surface area contributed by atoms with Crippen LogP contribution in [0.3, 0.4) is 0 Å². The second-order valence-electron chi connectivity index (χ2n) is 7.29. The maximum atomic E-state index is 12.4. The summed E-state index contributed by atoms with van der Waals surface area (Å²) in [5.41, 5.74) is 3.00. The molecular formula is C21H23N3O2S2. The van der Waals surface area contributed by atoms with Crippen molar-refractivity contribution in [1.82, 2.24) is 10.2 Å². The number of hydrogen-bond donors (Lipinski definition) is 1. The Balaban J connectivity index is 1.58. The molecule has 0 aliphatic heterocycles. The van der Waals surface area contributed by atoms with Crippen LogP contribution in [0.25, 0.3) is 0 Å². The molecule has 0 aliphatic rings. The molecule has 0 saturated heterocycles. The van der Waals surface area contributed by atoms with Crippen molar-refractivity contribution in [3.63, 3.8) is 0 Å². The molecule has 1 N–H and O–H groups in total. The largest absolute Gasteiger partial charge is 0.497 e. The summed E-state index contributed by atoms with van der Waals surface area (Å²) in [6, 6.07) is 15.6. The number of anilines is 1. The van der Waals surface area contributed by atoms with Crippen molar-refractivity contribution in [2.24, 2.45) is 0 Å². The molecule has 1 heterocycles. The molecule has 0 atom stereocenters. The van der Waals surface area contributed by atoms with E-state index in [9.17, 15) is 4.79 Å². The van der Waals surface area contributed by atoms with Gasteiger partial charge in [0.15, 0.2) is 4.34 Å². The highest BCUT2D eigenvalue weighted by atomic mass is 32.2. The van der Waals surface area contributed by atoms with Crippen LogP contribution in [0, 0.1) is 0 Å². The van der Waals surface area contributed by atoms with E-state index in [1.165, 1.54) is 16.9 Å². The second-order valence-corrected chi connectivity index (χ2v) is 9.49. The summed E-state index contributed by atoms with van der Waals surface area (Å²) in [4.78, 5) is 12.4. The van der Waals surface area contributed by atoms with Crippen molar-refractivity contribution >= 4 is 34.1 Å². The molecule has 0 bridgehead atoms. The summed E-state index contributed by atoms with van der Waals surface area (Å²) in [5, 5.41) is 11.6. The number of thioether (sulfide) groups is 1. The number of nitrogens with one attached hydrogen (secondary N) is 1. The third kappa shape index (κ3) is 5.33. The first kappa shape index (κ1) is 20.4. The number of nitrogens with zero attached hydrogens (tertiary/aromatic N) is 2. The van der Waals surface area contributed by atoms with Gasteiger partial charge in [-0.25, -0.2) is 0 Å². The van der Waals surface area contributed by atoms with Crippen molar-refractivity contribution < 1.29 is 9.53 Å². The van der Waals surface area contributed by atoms with Crippen molar-refractivity contribution in [2.45, 2.75) is 36.3 Å². The lowest BCUT2D eigenvalue weighted by molar-refractivity contribution is 0.102. The molecule has 0 fully saturated rings. The predicted molar refractivity (Wildman–Crippen MR) is 116 cm³/mol. The highest BCUT2D eigenvalue weighted by Crippen LogP contribution is 2.29. The summed E-state index contributed by atoms with van der Waals surface area (Å²) < 4.78 is 6.05. The van der Waals surface area contributed by atoms with E-state index in [-0.39, 0.29) is 11.3 Å². The van der Waals surface area contributed by atoms with Crippen LogP contribution in [0.1, 0.15) is 42.3 Å². The maximum Gasteiger partial charge on any atom is 0.257 e. The number of rotatable bonds is 6. The van der Waals surface area contributed by atoms with Gasteiger partial charge in [-0.15, -0.1) is 10.2 Å². The average Bonchev–Trinajstić information content (AvgIpc) is 3.13. The van der Waals surface area contributed by atoms with Gasteiger partial charge < -0.3 is 4.74 Å². The predicted octanol–water partition coefficient (Wildman–Crippen LogP) is 5.39. The molecule has 146 valence electrons. The lowest BCUT2D eigenvalue weighted by atomic mass is 9.87. The summed E-state index contributed by atoms with van der Waals surface area (Å²) in [6.07, 6.45) is 0. The zero-order valence-corrected chi connectivity index (χ0v) is 18.0. The topological polar surface area (TPSA) is 64.1 Å². The normalized spacial score (nSPS) is 11.3. The molecule has 7 heteroatoms. The standard InChI is InChI=1S/C21H23N3O2S2/c1-21(2,3)16-10-8-15(9-11-16)18(25)22-19-23-24-20(28-19)27-13-14-6-5-7-17(12-14)26-4/h5-12H,13H2,1-4H3,(H,22,23,25). The van der Waals surface area contributed by atoms with Crippen molar-refractivity contribution in [3.05, 3.63) is 65.2 Å². The smallest absolute Gasteiger partial charge is 0.257 e. The summed E-state index contributed by atoms with van der Waals surface area (Å²) in [6.45, 7) is 6.44. The van der Waals surface area contributed by atoms with Crippen LogP contribution in [-0.2, 0) is 11.2 Å². The number of aromatic nitrogens is 2. The fourth-order valence-corrected chi connectivity index (χ4v) is 4.21. The average molecular weight is 414 g/mol. The van der Waals surface area contributed by atoms with Crippen molar-refractivity contribution in [3.8, 4) is 5.75 Å². The lowest BCUT2D eigenvalue weighted by Gasteiger charge is -2.18. The first-order chi connectivity index (χ1) is 13.3. The Morgan fingerprint density at radius 2 is 1.89 bits per heavy atom. The highest BCUT2D eigenvalue weighted by Gasteiger charge is 2.15. The van der Waals surface area contributed by atoms with Crippen LogP contribution in [0.4, 0.5) is 5.13 Å². The van der Waals surface area contributed by atoms with Gasteiger partial charge in [0.25, 0.3) is 5.91 Å². The van der Waals surface area contributed by atoms with E-state index in [1.807, 2.05) is 48.5 Å². The van der Waals surface area contributed by atoms with Gasteiger partial charge >= 0.3 is 0 Å². The Bertz CT molecular complexity index is 947. The number of benzene rings is 2. The van der Waals surface area contributed by atoms with Gasteiger partial charge in [-0.3, -0.25) is 10.1 Å². The van der Waals surface area contributed by atoms with Crippen molar-refractivity contribution in [2.75, 3.05) is 12.4 Å². The SMILES string of the molecule is COc1cccc(CSc2nnc(NC(=O)c3ccc(C(C)(C)C)cc3)s2)c1. The summed E-state index contributed by atoms with van der Waals surface area (Å²) in [5.74, 6) is 1.41. The number of carbonyl (C=O) groups is 1. The molecule has 28 heavy (non-hydrogen) atoms. The van der Waals surface area contributed by atoms with E-state index < -0.39 is 0 Å². The molecular weight excluding hydrogens is 390 g/mol. The lowest BCUT2D eigenvalue weighted by Crippen LogP contribution is -2.14. The number of amides is 1. The van der Waals surface area contributed by atoms with Crippen LogP contribution in [-0.4, -0.2) is 23.2 Å². The third-order valence-electron chi connectivity index (χ3n) is 4.14. The highest BCUT2D eigenvalue weighted by molar-refractivity contribution is 8.00. The zero-order chi connectivity index (χ0) is 20.1. The minimum atomic E-state index is -0.180. The first-order valence-electron chi connectivity index (χ1n) is 8.86. The summed E-state index contributed by atoms with van der Waals surface area (Å²) in [7, 11) is 1.66.